The van der Waals surface area contributed by atoms with E-state index in [2.05, 4.69) is 15.3 Å². The zero-order valence-corrected chi connectivity index (χ0v) is 13.3. The van der Waals surface area contributed by atoms with Crippen LogP contribution < -0.4 is 9.62 Å². The van der Waals surface area contributed by atoms with Gasteiger partial charge in [-0.25, -0.2) is 13.4 Å². The van der Waals surface area contributed by atoms with Crippen LogP contribution in [0.1, 0.15) is 12.0 Å². The van der Waals surface area contributed by atoms with E-state index < -0.39 is 10.0 Å². The number of sulfonamides is 1. The molecule has 0 unspecified atom stereocenters. The normalized spacial score (nSPS) is 16.7. The third-order valence-electron chi connectivity index (χ3n) is 3.38. The van der Waals surface area contributed by atoms with Gasteiger partial charge in [0.05, 0.1) is 23.8 Å². The summed E-state index contributed by atoms with van der Waals surface area (Å²) in [5.74, 6) is 0.792. The average molecular weight is 339 g/mol. The van der Waals surface area contributed by atoms with Crippen molar-refractivity contribution < 1.29 is 8.42 Å². The number of halogens is 1. The van der Waals surface area contributed by atoms with Gasteiger partial charge in [-0.1, -0.05) is 23.7 Å². The maximum Gasteiger partial charge on any atom is 0.235 e. The van der Waals surface area contributed by atoms with E-state index in [0.29, 0.717) is 36.2 Å². The molecular formula is C14H15ClN4O2S. The second-order valence-corrected chi connectivity index (χ2v) is 7.39. The highest BCUT2D eigenvalue weighted by atomic mass is 35.5. The van der Waals surface area contributed by atoms with Crippen molar-refractivity contribution in [1.82, 2.24) is 9.97 Å². The zero-order chi connectivity index (χ0) is 15.6. The van der Waals surface area contributed by atoms with Crippen molar-refractivity contribution in [2.75, 3.05) is 21.9 Å². The first-order chi connectivity index (χ1) is 10.5. The Labute approximate surface area is 134 Å². The Morgan fingerprint density at radius 2 is 2.18 bits per heavy atom. The van der Waals surface area contributed by atoms with Crippen LogP contribution in [0.2, 0.25) is 5.15 Å². The fourth-order valence-corrected chi connectivity index (χ4v) is 4.07. The summed E-state index contributed by atoms with van der Waals surface area (Å²) < 4.78 is 25.4. The predicted molar refractivity (Wildman–Crippen MR) is 86.6 cm³/mol. The first kappa shape index (κ1) is 15.1. The van der Waals surface area contributed by atoms with E-state index in [1.165, 1.54) is 10.5 Å². The minimum Gasteiger partial charge on any atom is -0.365 e. The van der Waals surface area contributed by atoms with Gasteiger partial charge in [-0.3, -0.25) is 9.29 Å². The standard InChI is InChI=1S/C14H15ClN4O2S/c15-13-9-16-10-14(18-13)17-8-11-3-1-4-12(7-11)19-5-2-6-22(19,20)21/h1,3-4,7,9-10H,2,5-6,8H2,(H,17,18). The number of benzene rings is 1. The lowest BCUT2D eigenvalue weighted by molar-refractivity contribution is 0.599. The summed E-state index contributed by atoms with van der Waals surface area (Å²) in [7, 11) is -3.16. The number of hydrogen-bond donors (Lipinski definition) is 1. The van der Waals surface area contributed by atoms with E-state index in [1.807, 2.05) is 24.3 Å². The second-order valence-electron chi connectivity index (χ2n) is 4.99. The fourth-order valence-electron chi connectivity index (χ4n) is 2.37. The molecule has 0 atom stereocenters. The largest absolute Gasteiger partial charge is 0.365 e. The summed E-state index contributed by atoms with van der Waals surface area (Å²) in [5.41, 5.74) is 1.66. The summed E-state index contributed by atoms with van der Waals surface area (Å²) >= 11 is 5.78. The molecule has 0 aliphatic carbocycles. The van der Waals surface area contributed by atoms with Gasteiger partial charge in [0, 0.05) is 13.1 Å². The van der Waals surface area contributed by atoms with Crippen molar-refractivity contribution in [3.63, 3.8) is 0 Å². The highest BCUT2D eigenvalue weighted by molar-refractivity contribution is 7.93. The number of nitrogens with zero attached hydrogens (tertiary/aromatic N) is 3. The lowest BCUT2D eigenvalue weighted by Crippen LogP contribution is -2.25. The first-order valence-electron chi connectivity index (χ1n) is 6.85. The van der Waals surface area contributed by atoms with Crippen molar-refractivity contribution >= 4 is 33.1 Å². The Bertz CT molecular complexity index is 782. The lowest BCUT2D eigenvalue weighted by Gasteiger charge is -2.17. The second kappa shape index (κ2) is 6.10. The molecule has 0 amide bonds. The summed E-state index contributed by atoms with van der Waals surface area (Å²) in [5, 5.41) is 3.44. The fraction of sp³-hybridized carbons (Fsp3) is 0.286. The molecule has 2 heterocycles. The molecule has 1 aliphatic rings. The number of rotatable bonds is 4. The summed E-state index contributed by atoms with van der Waals surface area (Å²) in [4.78, 5) is 8.05. The van der Waals surface area contributed by atoms with Gasteiger partial charge < -0.3 is 5.32 Å². The topological polar surface area (TPSA) is 75.2 Å². The van der Waals surface area contributed by atoms with Gasteiger partial charge in [0.1, 0.15) is 11.0 Å². The average Bonchev–Trinajstić information content (AvgIpc) is 2.85. The molecule has 8 heteroatoms. The highest BCUT2D eigenvalue weighted by Crippen LogP contribution is 2.25. The lowest BCUT2D eigenvalue weighted by atomic mass is 10.2. The van der Waals surface area contributed by atoms with Crippen LogP contribution in [0.4, 0.5) is 11.5 Å². The third kappa shape index (κ3) is 3.31. The number of anilines is 2. The van der Waals surface area contributed by atoms with Crippen LogP contribution >= 0.6 is 11.6 Å². The van der Waals surface area contributed by atoms with Crippen LogP contribution in [-0.2, 0) is 16.6 Å². The number of aromatic nitrogens is 2. The monoisotopic (exact) mass is 338 g/mol. The minimum atomic E-state index is -3.16. The Balaban J connectivity index is 1.74. The molecule has 1 fully saturated rings. The van der Waals surface area contributed by atoms with Crippen LogP contribution in [-0.4, -0.2) is 30.7 Å². The molecule has 3 rings (SSSR count). The molecule has 22 heavy (non-hydrogen) atoms. The Morgan fingerprint density at radius 3 is 2.91 bits per heavy atom. The molecule has 0 radical (unpaired) electrons. The van der Waals surface area contributed by atoms with Crippen molar-refractivity contribution in [3.8, 4) is 0 Å². The minimum absolute atomic E-state index is 0.216. The molecular weight excluding hydrogens is 324 g/mol. The third-order valence-corrected chi connectivity index (χ3v) is 5.43. The van der Waals surface area contributed by atoms with Crippen LogP contribution in [0.15, 0.2) is 36.7 Å². The van der Waals surface area contributed by atoms with Crippen LogP contribution in [0.25, 0.3) is 0 Å². The number of hydrogen-bond acceptors (Lipinski definition) is 5. The van der Waals surface area contributed by atoms with Crippen molar-refractivity contribution in [2.24, 2.45) is 0 Å². The van der Waals surface area contributed by atoms with Crippen LogP contribution in [0.3, 0.4) is 0 Å². The molecule has 1 saturated heterocycles. The summed E-state index contributed by atoms with van der Waals surface area (Å²) in [6, 6.07) is 7.46. The van der Waals surface area contributed by atoms with Crippen molar-refractivity contribution in [2.45, 2.75) is 13.0 Å². The van der Waals surface area contributed by atoms with E-state index in [4.69, 9.17) is 11.6 Å². The number of nitrogens with one attached hydrogen (secondary N) is 1. The van der Waals surface area contributed by atoms with Gasteiger partial charge in [0.15, 0.2) is 0 Å². The molecule has 6 nitrogen and oxygen atoms in total. The molecule has 1 aliphatic heterocycles. The van der Waals surface area contributed by atoms with E-state index >= 15 is 0 Å². The van der Waals surface area contributed by atoms with Gasteiger partial charge in [-0.2, -0.15) is 0 Å². The van der Waals surface area contributed by atoms with Crippen molar-refractivity contribution in [1.29, 1.82) is 0 Å². The van der Waals surface area contributed by atoms with Gasteiger partial charge in [-0.15, -0.1) is 0 Å². The Morgan fingerprint density at radius 1 is 1.32 bits per heavy atom. The van der Waals surface area contributed by atoms with E-state index in [9.17, 15) is 8.42 Å². The first-order valence-corrected chi connectivity index (χ1v) is 8.84. The van der Waals surface area contributed by atoms with Gasteiger partial charge in [0.25, 0.3) is 0 Å². The van der Waals surface area contributed by atoms with Gasteiger partial charge >= 0.3 is 0 Å². The van der Waals surface area contributed by atoms with Gasteiger partial charge in [-0.05, 0) is 24.1 Å². The molecule has 0 bridgehead atoms. The highest BCUT2D eigenvalue weighted by Gasteiger charge is 2.28. The van der Waals surface area contributed by atoms with Crippen LogP contribution in [0, 0.1) is 0 Å². The van der Waals surface area contributed by atoms with E-state index in [-0.39, 0.29) is 5.75 Å². The Kier molecular flexibility index (Phi) is 4.17. The maximum absolute atomic E-state index is 12.0. The summed E-state index contributed by atoms with van der Waals surface area (Å²) in [6.07, 6.45) is 3.72. The molecule has 1 aromatic carbocycles. The summed E-state index contributed by atoms with van der Waals surface area (Å²) in [6.45, 7) is 1.05. The molecule has 0 spiro atoms. The predicted octanol–water partition coefficient (Wildman–Crippen LogP) is 2.28. The molecule has 0 saturated carbocycles. The molecule has 116 valence electrons. The molecule has 2 aromatic rings. The quantitative estimate of drug-likeness (QED) is 0.925. The maximum atomic E-state index is 12.0. The molecule has 1 N–H and O–H groups in total. The van der Waals surface area contributed by atoms with E-state index in [0.717, 1.165) is 5.56 Å². The van der Waals surface area contributed by atoms with Gasteiger partial charge in [0.2, 0.25) is 10.0 Å². The molecule has 1 aromatic heterocycles. The van der Waals surface area contributed by atoms with Crippen LogP contribution in [0.5, 0.6) is 0 Å². The van der Waals surface area contributed by atoms with Crippen molar-refractivity contribution in [3.05, 3.63) is 47.4 Å². The zero-order valence-electron chi connectivity index (χ0n) is 11.7. The van der Waals surface area contributed by atoms with E-state index in [1.54, 1.807) is 6.20 Å². The SMILES string of the molecule is O=S1(=O)CCCN1c1cccc(CNc2cncc(Cl)n2)c1. The smallest absolute Gasteiger partial charge is 0.235 e. The Hall–Kier alpha value is -1.86.